The zero-order chi connectivity index (χ0) is 21.5. The topological polar surface area (TPSA) is 94.2 Å². The first-order valence-electron chi connectivity index (χ1n) is 9.97. The van der Waals surface area contributed by atoms with E-state index in [0.717, 1.165) is 33.8 Å². The van der Waals surface area contributed by atoms with E-state index in [1.807, 2.05) is 55.5 Å². The SMILES string of the molecule is Cc1nc2cc(C(=O)N3CCc4ncc([N+](=O)[O-])cc4C3)ccc2n1-c1ccccc1. The number of rotatable bonds is 3. The fraction of sp³-hybridized carbons (Fsp3) is 0.174. The summed E-state index contributed by atoms with van der Waals surface area (Å²) >= 11 is 0. The van der Waals surface area contributed by atoms with Crippen LogP contribution in [0.5, 0.6) is 0 Å². The van der Waals surface area contributed by atoms with Gasteiger partial charge >= 0.3 is 0 Å². The van der Waals surface area contributed by atoms with Crippen LogP contribution in [0.25, 0.3) is 16.7 Å². The Hall–Kier alpha value is -4.07. The highest BCUT2D eigenvalue weighted by Crippen LogP contribution is 2.25. The highest BCUT2D eigenvalue weighted by atomic mass is 16.6. The molecule has 31 heavy (non-hydrogen) atoms. The molecule has 0 aliphatic carbocycles. The smallest absolute Gasteiger partial charge is 0.287 e. The summed E-state index contributed by atoms with van der Waals surface area (Å²) in [5.74, 6) is 0.724. The van der Waals surface area contributed by atoms with E-state index in [9.17, 15) is 14.9 Å². The van der Waals surface area contributed by atoms with Gasteiger partial charge in [-0.25, -0.2) is 4.98 Å². The van der Waals surface area contributed by atoms with Gasteiger partial charge in [-0.1, -0.05) is 18.2 Å². The van der Waals surface area contributed by atoms with E-state index in [1.54, 1.807) is 4.90 Å². The summed E-state index contributed by atoms with van der Waals surface area (Å²) < 4.78 is 2.06. The molecule has 154 valence electrons. The summed E-state index contributed by atoms with van der Waals surface area (Å²) in [6.07, 6.45) is 1.85. The lowest BCUT2D eigenvalue weighted by molar-refractivity contribution is -0.385. The van der Waals surface area contributed by atoms with E-state index in [-0.39, 0.29) is 11.6 Å². The average molecular weight is 413 g/mol. The molecule has 0 atom stereocenters. The summed E-state index contributed by atoms with van der Waals surface area (Å²) in [4.78, 5) is 34.3. The molecule has 0 bridgehead atoms. The van der Waals surface area contributed by atoms with Crippen molar-refractivity contribution in [2.24, 2.45) is 0 Å². The van der Waals surface area contributed by atoms with Gasteiger partial charge in [-0.15, -0.1) is 0 Å². The molecule has 0 unspecified atom stereocenters. The van der Waals surface area contributed by atoms with Crippen molar-refractivity contribution >= 4 is 22.6 Å². The Kier molecular flexibility index (Phi) is 4.47. The Morgan fingerprint density at radius 1 is 1.13 bits per heavy atom. The fourth-order valence-corrected chi connectivity index (χ4v) is 4.11. The number of benzene rings is 2. The molecule has 8 nitrogen and oxygen atoms in total. The number of nitrogens with zero attached hydrogens (tertiary/aromatic N) is 5. The molecular formula is C23H19N5O3. The lowest BCUT2D eigenvalue weighted by Gasteiger charge is -2.28. The monoisotopic (exact) mass is 413 g/mol. The van der Waals surface area contributed by atoms with Gasteiger partial charge in [0.15, 0.2) is 0 Å². The molecule has 5 rings (SSSR count). The summed E-state index contributed by atoms with van der Waals surface area (Å²) in [5.41, 5.74) is 4.72. The number of aromatic nitrogens is 3. The van der Waals surface area contributed by atoms with Crippen molar-refractivity contribution < 1.29 is 9.72 Å². The summed E-state index contributed by atoms with van der Waals surface area (Å²) in [6.45, 7) is 2.76. The third-order valence-corrected chi connectivity index (χ3v) is 5.61. The van der Waals surface area contributed by atoms with Gasteiger partial charge in [-0.3, -0.25) is 24.5 Å². The first-order valence-corrected chi connectivity index (χ1v) is 9.97. The predicted octanol–water partition coefficient (Wildman–Crippen LogP) is 3.84. The molecule has 0 saturated heterocycles. The number of pyridine rings is 1. The van der Waals surface area contributed by atoms with Crippen molar-refractivity contribution in [3.63, 3.8) is 0 Å². The molecule has 4 aromatic rings. The molecule has 0 radical (unpaired) electrons. The third-order valence-electron chi connectivity index (χ3n) is 5.61. The van der Waals surface area contributed by atoms with Crippen LogP contribution in [0, 0.1) is 17.0 Å². The van der Waals surface area contributed by atoms with Crippen molar-refractivity contribution in [2.45, 2.75) is 19.9 Å². The van der Waals surface area contributed by atoms with Gasteiger partial charge in [0.25, 0.3) is 11.6 Å². The van der Waals surface area contributed by atoms with Gasteiger partial charge in [0.1, 0.15) is 12.0 Å². The van der Waals surface area contributed by atoms with Crippen LogP contribution in [-0.4, -0.2) is 36.8 Å². The van der Waals surface area contributed by atoms with Gasteiger partial charge in [0.05, 0.1) is 16.0 Å². The van der Waals surface area contributed by atoms with Gasteiger partial charge in [0.2, 0.25) is 0 Å². The number of amides is 1. The minimum Gasteiger partial charge on any atom is -0.334 e. The van der Waals surface area contributed by atoms with Crippen LogP contribution in [0.15, 0.2) is 60.8 Å². The Morgan fingerprint density at radius 3 is 2.71 bits per heavy atom. The number of imidazole rings is 1. The van der Waals surface area contributed by atoms with Crippen LogP contribution in [-0.2, 0) is 13.0 Å². The molecule has 8 heteroatoms. The van der Waals surface area contributed by atoms with Crippen molar-refractivity contribution in [3.05, 3.63) is 93.6 Å². The number of carbonyl (C=O) groups is 1. The second-order valence-corrected chi connectivity index (χ2v) is 7.57. The van der Waals surface area contributed by atoms with Gasteiger partial charge < -0.3 is 4.90 Å². The van der Waals surface area contributed by atoms with E-state index in [2.05, 4.69) is 14.5 Å². The number of aryl methyl sites for hydroxylation is 1. The molecule has 2 aromatic carbocycles. The van der Waals surface area contributed by atoms with Crippen LogP contribution < -0.4 is 0 Å². The zero-order valence-corrected chi connectivity index (χ0v) is 16.9. The normalized spacial score (nSPS) is 13.3. The van der Waals surface area contributed by atoms with E-state index in [0.29, 0.717) is 25.1 Å². The number of nitro groups is 1. The summed E-state index contributed by atoms with van der Waals surface area (Å²) in [5, 5.41) is 11.1. The molecule has 2 aromatic heterocycles. The first-order chi connectivity index (χ1) is 15.0. The molecule has 0 saturated carbocycles. The standard InChI is InChI=1S/C23H19N5O3/c1-15-25-21-12-16(7-8-22(21)27(15)18-5-3-2-4-6-18)23(29)26-10-9-20-17(14-26)11-19(13-24-20)28(30)31/h2-8,11-13H,9-10,14H2,1H3. The lowest BCUT2D eigenvalue weighted by Crippen LogP contribution is -2.36. The number of fused-ring (bicyclic) bond motifs is 2. The number of carbonyl (C=O) groups excluding carboxylic acids is 1. The molecule has 0 N–H and O–H groups in total. The van der Waals surface area contributed by atoms with E-state index >= 15 is 0 Å². The second-order valence-electron chi connectivity index (χ2n) is 7.57. The summed E-state index contributed by atoms with van der Waals surface area (Å²) in [6, 6.07) is 17.0. The highest BCUT2D eigenvalue weighted by molar-refractivity contribution is 5.97. The van der Waals surface area contributed by atoms with E-state index in [1.165, 1.54) is 12.3 Å². The number of hydrogen-bond donors (Lipinski definition) is 0. The van der Waals surface area contributed by atoms with Gasteiger partial charge in [-0.2, -0.15) is 0 Å². The molecular weight excluding hydrogens is 394 g/mol. The van der Waals surface area contributed by atoms with Crippen LogP contribution in [0.2, 0.25) is 0 Å². The second kappa shape index (κ2) is 7.32. The molecule has 1 aliphatic rings. The van der Waals surface area contributed by atoms with Crippen molar-refractivity contribution in [1.82, 2.24) is 19.4 Å². The highest BCUT2D eigenvalue weighted by Gasteiger charge is 2.25. The molecule has 0 spiro atoms. The summed E-state index contributed by atoms with van der Waals surface area (Å²) in [7, 11) is 0. The van der Waals surface area contributed by atoms with Crippen LogP contribution in [0.4, 0.5) is 5.69 Å². The van der Waals surface area contributed by atoms with Crippen LogP contribution in [0.3, 0.4) is 0 Å². The average Bonchev–Trinajstić information content (AvgIpc) is 3.13. The third kappa shape index (κ3) is 3.31. The lowest BCUT2D eigenvalue weighted by atomic mass is 10.0. The number of para-hydroxylation sites is 1. The largest absolute Gasteiger partial charge is 0.334 e. The first kappa shape index (κ1) is 18.9. The maximum atomic E-state index is 13.2. The molecule has 1 amide bonds. The molecule has 1 aliphatic heterocycles. The maximum Gasteiger partial charge on any atom is 0.287 e. The zero-order valence-electron chi connectivity index (χ0n) is 16.9. The molecule has 0 fully saturated rings. The van der Waals surface area contributed by atoms with Gasteiger partial charge in [-0.05, 0) is 42.8 Å². The van der Waals surface area contributed by atoms with E-state index in [4.69, 9.17) is 0 Å². The Bertz CT molecular complexity index is 1330. The maximum absolute atomic E-state index is 13.2. The Labute approximate surface area is 177 Å². The molecule has 3 heterocycles. The fourth-order valence-electron chi connectivity index (χ4n) is 4.11. The predicted molar refractivity (Wildman–Crippen MR) is 115 cm³/mol. The Morgan fingerprint density at radius 2 is 1.94 bits per heavy atom. The van der Waals surface area contributed by atoms with Crippen molar-refractivity contribution in [2.75, 3.05) is 6.54 Å². The van der Waals surface area contributed by atoms with E-state index < -0.39 is 4.92 Å². The number of hydrogen-bond acceptors (Lipinski definition) is 5. The minimum absolute atomic E-state index is 0.0589. The van der Waals surface area contributed by atoms with Gasteiger partial charge in [0, 0.05) is 42.5 Å². The minimum atomic E-state index is -0.465. The quantitative estimate of drug-likeness (QED) is 0.376. The Balaban J connectivity index is 1.45. The van der Waals surface area contributed by atoms with Crippen LogP contribution in [0.1, 0.15) is 27.4 Å². The van der Waals surface area contributed by atoms with Crippen molar-refractivity contribution in [1.29, 1.82) is 0 Å². The van der Waals surface area contributed by atoms with Crippen LogP contribution >= 0.6 is 0 Å². The van der Waals surface area contributed by atoms with Crippen molar-refractivity contribution in [3.8, 4) is 5.69 Å².